The summed E-state index contributed by atoms with van der Waals surface area (Å²) in [6.07, 6.45) is 59.3. The van der Waals surface area contributed by atoms with Crippen LogP contribution in [-0.2, 0) is 65.4 Å². The molecule has 0 spiro atoms. The molecular weight excluding hydrogens is 1260 g/mol. The first kappa shape index (κ1) is 93.5. The number of esters is 4. The van der Waals surface area contributed by atoms with Gasteiger partial charge in [-0.1, -0.05) is 323 Å². The number of hydrogen-bond donors (Lipinski definition) is 3. The smallest absolute Gasteiger partial charge is 0.462 e. The topological polar surface area (TPSA) is 237 Å². The molecule has 0 amide bonds. The molecule has 0 saturated heterocycles. The van der Waals surface area contributed by atoms with E-state index < -0.39 is 97.5 Å². The summed E-state index contributed by atoms with van der Waals surface area (Å²) in [7, 11) is -9.92. The van der Waals surface area contributed by atoms with Crippen molar-refractivity contribution in [1.82, 2.24) is 0 Å². The molecule has 17 nitrogen and oxygen atoms in total. The Kier molecular flexibility index (Phi) is 66.6. The van der Waals surface area contributed by atoms with E-state index in [1.165, 1.54) is 167 Å². The molecule has 2 unspecified atom stereocenters. The van der Waals surface area contributed by atoms with E-state index in [9.17, 15) is 43.2 Å². The van der Waals surface area contributed by atoms with Gasteiger partial charge in [0.25, 0.3) is 0 Å². The molecule has 96 heavy (non-hydrogen) atoms. The summed E-state index contributed by atoms with van der Waals surface area (Å²) in [5.41, 5.74) is 0. The number of carbonyl (C=O) groups is 4. The van der Waals surface area contributed by atoms with Crippen LogP contribution in [0.4, 0.5) is 0 Å². The minimum Gasteiger partial charge on any atom is -0.462 e. The lowest BCUT2D eigenvalue weighted by Crippen LogP contribution is -2.30. The van der Waals surface area contributed by atoms with Crippen molar-refractivity contribution in [2.75, 3.05) is 39.6 Å². The highest BCUT2D eigenvalue weighted by Crippen LogP contribution is 2.45. The van der Waals surface area contributed by atoms with Crippen LogP contribution in [0, 0.1) is 11.8 Å². The number of allylic oxidation sites excluding steroid dienone is 4. The first-order chi connectivity index (χ1) is 46.4. The molecule has 5 atom stereocenters. The monoisotopic (exact) mass is 1410 g/mol. The Balaban J connectivity index is 5.26. The van der Waals surface area contributed by atoms with Gasteiger partial charge in [0.15, 0.2) is 12.2 Å². The van der Waals surface area contributed by atoms with Crippen LogP contribution in [0.5, 0.6) is 0 Å². The minimum absolute atomic E-state index is 0.101. The largest absolute Gasteiger partial charge is 0.472 e. The van der Waals surface area contributed by atoms with Crippen molar-refractivity contribution < 1.29 is 80.2 Å². The van der Waals surface area contributed by atoms with Crippen molar-refractivity contribution in [3.63, 3.8) is 0 Å². The Morgan fingerprint density at radius 2 is 0.562 bits per heavy atom. The number of aliphatic hydroxyl groups is 1. The van der Waals surface area contributed by atoms with Gasteiger partial charge in [0.05, 0.1) is 26.4 Å². The normalized spacial score (nSPS) is 14.2. The number of rotatable bonds is 74. The maximum Gasteiger partial charge on any atom is 0.472 e. The van der Waals surface area contributed by atoms with E-state index in [0.717, 1.165) is 121 Å². The highest BCUT2D eigenvalue weighted by Gasteiger charge is 2.30. The first-order valence-corrected chi connectivity index (χ1v) is 42.3. The molecule has 0 radical (unpaired) electrons. The number of unbranched alkanes of at least 4 members (excludes halogenated alkanes) is 41. The van der Waals surface area contributed by atoms with Crippen LogP contribution in [0.1, 0.15) is 375 Å². The fourth-order valence-corrected chi connectivity index (χ4v) is 12.9. The highest BCUT2D eigenvalue weighted by atomic mass is 31.2. The Morgan fingerprint density at radius 1 is 0.323 bits per heavy atom. The first-order valence-electron chi connectivity index (χ1n) is 39.3. The average molecular weight is 1410 g/mol. The van der Waals surface area contributed by atoms with Gasteiger partial charge in [-0.15, -0.1) is 0 Å². The Bertz CT molecular complexity index is 1950. The molecule has 0 aromatic heterocycles. The summed E-state index contributed by atoms with van der Waals surface area (Å²) >= 11 is 0. The number of carbonyl (C=O) groups excluding carboxylic acids is 4. The molecular formula is C77H146O17P2. The zero-order chi connectivity index (χ0) is 70.7. The van der Waals surface area contributed by atoms with Gasteiger partial charge < -0.3 is 33.8 Å². The molecule has 0 heterocycles. The summed E-state index contributed by atoms with van der Waals surface area (Å²) < 4.78 is 68.5. The van der Waals surface area contributed by atoms with Crippen LogP contribution < -0.4 is 0 Å². The molecule has 0 aliphatic rings. The van der Waals surface area contributed by atoms with Crippen LogP contribution in [0.2, 0.25) is 0 Å². The van der Waals surface area contributed by atoms with Crippen LogP contribution >= 0.6 is 15.6 Å². The lowest BCUT2D eigenvalue weighted by atomic mass is 10.0. The molecule has 0 bridgehead atoms. The molecule has 0 fully saturated rings. The SMILES string of the molecule is CCCCCC/C=C\C=C/CCCCCCCC(=O)OC[C@H](COP(=O)(O)OC[C@@H](O)COP(=O)(O)OC[C@@H](COC(=O)CCCCCCCCC(C)C)OC(=O)CCCCCCCCCCCCC(C)C)OC(=O)CCCCCCCCCCCCCCCCCCCCC. The molecule has 566 valence electrons. The van der Waals surface area contributed by atoms with Gasteiger partial charge in [-0.2, -0.15) is 0 Å². The highest BCUT2D eigenvalue weighted by molar-refractivity contribution is 7.47. The zero-order valence-corrected chi connectivity index (χ0v) is 63.9. The molecule has 3 N–H and O–H groups in total. The van der Waals surface area contributed by atoms with Gasteiger partial charge in [-0.3, -0.25) is 37.3 Å². The molecule has 0 aromatic carbocycles. The fraction of sp³-hybridized carbons (Fsp3) is 0.896. The van der Waals surface area contributed by atoms with E-state index in [1.807, 2.05) is 0 Å². The Hall–Kier alpha value is -2.46. The van der Waals surface area contributed by atoms with Crippen LogP contribution in [0.15, 0.2) is 24.3 Å². The zero-order valence-electron chi connectivity index (χ0n) is 62.2. The third-order valence-corrected chi connectivity index (χ3v) is 19.2. The van der Waals surface area contributed by atoms with Crippen molar-refractivity contribution >= 4 is 39.5 Å². The standard InChI is InChI=1S/C77H146O17P2/c1-7-9-11-13-15-17-19-21-23-24-25-26-28-30-32-37-41-49-55-61-76(81)93-72(65-87-74(79)59-53-47-40-36-31-29-27-22-20-18-16-14-12-10-8-2)67-91-95(83,84)89-63-71(78)64-90-96(85,86)92-68-73(66-88-75(80)60-54-48-44-43-46-52-58-70(5)6)94-77(82)62-56-50-42-38-34-33-35-39-45-51-57-69(3)4/h18,20,22,27,69-73,78H,7-17,19,21,23-26,28-68H2,1-6H3,(H,83,84)(H,85,86)/b20-18-,27-22-/t71-,72-,73-/m1/s1. The second kappa shape index (κ2) is 68.3. The predicted octanol–water partition coefficient (Wildman–Crippen LogP) is 22.3. The van der Waals surface area contributed by atoms with Crippen LogP contribution in [0.25, 0.3) is 0 Å². The van der Waals surface area contributed by atoms with Crippen molar-refractivity contribution in [1.29, 1.82) is 0 Å². The lowest BCUT2D eigenvalue weighted by Gasteiger charge is -2.21. The maximum absolute atomic E-state index is 13.1. The van der Waals surface area contributed by atoms with Crippen molar-refractivity contribution in [3.8, 4) is 0 Å². The Morgan fingerprint density at radius 3 is 0.854 bits per heavy atom. The van der Waals surface area contributed by atoms with E-state index in [-0.39, 0.29) is 25.7 Å². The summed E-state index contributed by atoms with van der Waals surface area (Å²) in [5, 5.41) is 10.6. The average Bonchev–Trinajstić information content (AvgIpc) is 1.23. The number of aliphatic hydroxyl groups excluding tert-OH is 1. The van der Waals surface area contributed by atoms with E-state index in [4.69, 9.17) is 37.0 Å². The van der Waals surface area contributed by atoms with Crippen molar-refractivity contribution in [2.45, 2.75) is 394 Å². The van der Waals surface area contributed by atoms with Crippen molar-refractivity contribution in [2.24, 2.45) is 11.8 Å². The second-order valence-electron chi connectivity index (χ2n) is 28.0. The summed E-state index contributed by atoms with van der Waals surface area (Å²) in [5.74, 6) is -0.720. The maximum atomic E-state index is 13.1. The fourth-order valence-electron chi connectivity index (χ4n) is 11.3. The summed E-state index contributed by atoms with van der Waals surface area (Å²) in [6, 6.07) is 0. The van der Waals surface area contributed by atoms with Gasteiger partial charge >= 0.3 is 39.5 Å². The van der Waals surface area contributed by atoms with Gasteiger partial charge in [0.1, 0.15) is 19.3 Å². The molecule has 0 saturated carbocycles. The summed E-state index contributed by atoms with van der Waals surface area (Å²) in [4.78, 5) is 72.8. The number of phosphoric acid groups is 2. The predicted molar refractivity (Wildman–Crippen MR) is 391 cm³/mol. The molecule has 0 aliphatic heterocycles. The third-order valence-electron chi connectivity index (χ3n) is 17.3. The minimum atomic E-state index is -4.97. The molecule has 0 aliphatic carbocycles. The van der Waals surface area contributed by atoms with Gasteiger partial charge in [-0.25, -0.2) is 9.13 Å². The lowest BCUT2D eigenvalue weighted by molar-refractivity contribution is -0.161. The van der Waals surface area contributed by atoms with E-state index in [0.29, 0.717) is 31.6 Å². The third kappa shape index (κ3) is 70.0. The van der Waals surface area contributed by atoms with E-state index in [2.05, 4.69) is 65.8 Å². The van der Waals surface area contributed by atoms with Gasteiger partial charge in [0, 0.05) is 25.7 Å². The summed E-state index contributed by atoms with van der Waals surface area (Å²) in [6.45, 7) is 9.44. The van der Waals surface area contributed by atoms with Gasteiger partial charge in [-0.05, 0) is 63.2 Å². The number of hydrogen-bond acceptors (Lipinski definition) is 15. The van der Waals surface area contributed by atoms with Crippen LogP contribution in [0.3, 0.4) is 0 Å². The van der Waals surface area contributed by atoms with E-state index in [1.54, 1.807) is 0 Å². The van der Waals surface area contributed by atoms with Crippen LogP contribution in [-0.4, -0.2) is 96.7 Å². The van der Waals surface area contributed by atoms with E-state index >= 15 is 0 Å². The van der Waals surface area contributed by atoms with Crippen molar-refractivity contribution in [3.05, 3.63) is 24.3 Å². The Labute approximate surface area is 586 Å². The molecule has 0 aromatic rings. The molecule has 0 rings (SSSR count). The quantitative estimate of drug-likeness (QED) is 0.0169. The molecule has 19 heteroatoms. The van der Waals surface area contributed by atoms with Gasteiger partial charge in [0.2, 0.25) is 0 Å². The number of phosphoric ester groups is 2. The second-order valence-corrected chi connectivity index (χ2v) is 30.9. The number of ether oxygens (including phenoxy) is 4.